The molecule has 2 aromatic carbocycles. The van der Waals surface area contributed by atoms with E-state index in [0.29, 0.717) is 54.4 Å². The van der Waals surface area contributed by atoms with Crippen molar-refractivity contribution in [3.8, 4) is 34.1 Å². The average molecular weight is 740 g/mol. The zero-order valence-electron chi connectivity index (χ0n) is 29.0. The third-order valence-electron chi connectivity index (χ3n) is 9.62. The van der Waals surface area contributed by atoms with Gasteiger partial charge in [-0.05, 0) is 61.4 Å². The number of fused-ring (bicyclic) bond motifs is 1. The van der Waals surface area contributed by atoms with Crippen LogP contribution in [0.4, 0.5) is 19.0 Å². The molecule has 0 amide bonds. The molecule has 5 N–H and O–H groups in total. The number of hydrogen-bond acceptors (Lipinski definition) is 9. The molecular formula is C38H41ClF3N5O5. The van der Waals surface area contributed by atoms with E-state index in [2.05, 4.69) is 20.9 Å². The van der Waals surface area contributed by atoms with Gasteiger partial charge in [-0.25, -0.2) is 4.98 Å². The van der Waals surface area contributed by atoms with Gasteiger partial charge in [0.2, 0.25) is 11.8 Å². The van der Waals surface area contributed by atoms with E-state index in [4.69, 9.17) is 31.2 Å². The standard InChI is InChI=1S/C38H41ClF3N5O5/c1-37(50)17-23(18-37)44-20-21-10-12-31(46-35(21)51-2)28-9-5-8-27(33(28)39)24-6-4-7-26-25(24)11-13-30(26)45-34-29(38(40,41)42)16-22(36(47-34)52-3)19-43-15-14-32(48)49/h4-10,12,16,23,30,43-44,50H,11,13-15,17-20H2,1-3H3,(H,45,47)(H,48,49)/t23-,30-,37-/m0/s1. The molecule has 52 heavy (non-hydrogen) atoms. The number of alkyl halides is 3. The highest BCUT2D eigenvalue weighted by molar-refractivity contribution is 6.36. The van der Waals surface area contributed by atoms with E-state index in [1.165, 1.54) is 7.11 Å². The molecular weight excluding hydrogens is 699 g/mol. The lowest BCUT2D eigenvalue weighted by Crippen LogP contribution is -2.51. The average Bonchev–Trinajstić information content (AvgIpc) is 3.50. The van der Waals surface area contributed by atoms with Crippen molar-refractivity contribution in [2.24, 2.45) is 0 Å². The first-order valence-electron chi connectivity index (χ1n) is 17.0. The summed E-state index contributed by atoms with van der Waals surface area (Å²) in [7, 11) is 2.90. The lowest BCUT2D eigenvalue weighted by Gasteiger charge is -2.41. The fourth-order valence-electron chi connectivity index (χ4n) is 7.08. The number of aliphatic hydroxyl groups is 1. The molecule has 0 bridgehead atoms. The van der Waals surface area contributed by atoms with Gasteiger partial charge in [-0.2, -0.15) is 18.2 Å². The molecule has 0 radical (unpaired) electrons. The SMILES string of the molecule is COc1nc(-c2cccc(-c3cccc4c3CC[C@@H]4Nc3nc(OC)c(CNCCC(=O)O)cc3C(F)(F)F)c2Cl)ccc1CN[C@H]1C[C@](C)(O)C1. The molecule has 2 aromatic heterocycles. The number of carboxylic acid groups (broad SMARTS) is 1. The third-order valence-corrected chi connectivity index (χ3v) is 10.0. The van der Waals surface area contributed by atoms with Crippen LogP contribution in [0.25, 0.3) is 22.4 Å². The van der Waals surface area contributed by atoms with Crippen LogP contribution < -0.4 is 25.4 Å². The van der Waals surface area contributed by atoms with Gasteiger partial charge in [0.05, 0.1) is 48.6 Å². The van der Waals surface area contributed by atoms with Crippen LogP contribution in [-0.2, 0) is 30.5 Å². The maximum Gasteiger partial charge on any atom is 0.419 e. The van der Waals surface area contributed by atoms with Crippen LogP contribution in [0.15, 0.2) is 54.6 Å². The van der Waals surface area contributed by atoms with Crippen LogP contribution in [0, 0.1) is 0 Å². The summed E-state index contributed by atoms with van der Waals surface area (Å²) in [6.07, 6.45) is -2.39. The molecule has 10 nitrogen and oxygen atoms in total. The first-order valence-corrected chi connectivity index (χ1v) is 17.4. The van der Waals surface area contributed by atoms with Crippen LogP contribution in [0.3, 0.4) is 0 Å². The summed E-state index contributed by atoms with van der Waals surface area (Å²) in [5.41, 5.74) is 4.29. The number of hydrogen-bond donors (Lipinski definition) is 5. The molecule has 2 heterocycles. The largest absolute Gasteiger partial charge is 0.481 e. The second kappa shape index (κ2) is 15.3. The molecule has 4 aromatic rings. The molecule has 0 saturated heterocycles. The second-order valence-corrected chi connectivity index (χ2v) is 13.9. The first kappa shape index (κ1) is 37.3. The molecule has 2 aliphatic rings. The maximum absolute atomic E-state index is 14.4. The van der Waals surface area contributed by atoms with Gasteiger partial charge >= 0.3 is 12.1 Å². The van der Waals surface area contributed by atoms with Crippen LogP contribution in [0.2, 0.25) is 5.02 Å². The van der Waals surface area contributed by atoms with E-state index in [0.717, 1.165) is 33.9 Å². The molecule has 1 saturated carbocycles. The van der Waals surface area contributed by atoms with Crippen LogP contribution >= 0.6 is 11.6 Å². The number of aromatic nitrogens is 2. The van der Waals surface area contributed by atoms with E-state index in [9.17, 15) is 23.1 Å². The Morgan fingerprint density at radius 1 is 0.981 bits per heavy atom. The number of benzene rings is 2. The summed E-state index contributed by atoms with van der Waals surface area (Å²) >= 11 is 7.10. The molecule has 0 spiro atoms. The Bertz CT molecular complexity index is 1950. The van der Waals surface area contributed by atoms with Crippen LogP contribution in [0.1, 0.15) is 66.5 Å². The predicted molar refractivity (Wildman–Crippen MR) is 192 cm³/mol. The van der Waals surface area contributed by atoms with Crippen molar-refractivity contribution in [3.05, 3.63) is 87.4 Å². The molecule has 276 valence electrons. The van der Waals surface area contributed by atoms with Crippen LogP contribution in [0.5, 0.6) is 11.8 Å². The summed E-state index contributed by atoms with van der Waals surface area (Å²) in [6.45, 7) is 2.41. The summed E-state index contributed by atoms with van der Waals surface area (Å²) in [5, 5.41) is 28.7. The van der Waals surface area contributed by atoms with Gasteiger partial charge in [0.1, 0.15) is 5.82 Å². The number of ether oxygens (including phenoxy) is 2. The van der Waals surface area contributed by atoms with Gasteiger partial charge in [-0.15, -0.1) is 0 Å². The van der Waals surface area contributed by atoms with E-state index in [-0.39, 0.29) is 42.8 Å². The van der Waals surface area contributed by atoms with Gasteiger partial charge in [0, 0.05) is 47.9 Å². The molecule has 0 unspecified atom stereocenters. The highest BCUT2D eigenvalue weighted by Gasteiger charge is 2.39. The maximum atomic E-state index is 14.4. The van der Waals surface area contributed by atoms with Gasteiger partial charge in [-0.3, -0.25) is 4.79 Å². The first-order chi connectivity index (χ1) is 24.8. The minimum atomic E-state index is -4.71. The van der Waals surface area contributed by atoms with Gasteiger partial charge in [0.25, 0.3) is 0 Å². The van der Waals surface area contributed by atoms with E-state index < -0.39 is 29.4 Å². The Hall–Kier alpha value is -4.43. The smallest absolute Gasteiger partial charge is 0.419 e. The van der Waals surface area contributed by atoms with Crippen molar-refractivity contribution in [1.82, 2.24) is 20.6 Å². The summed E-state index contributed by atoms with van der Waals surface area (Å²) in [5.74, 6) is -0.884. The zero-order valence-corrected chi connectivity index (χ0v) is 29.8. The highest BCUT2D eigenvalue weighted by atomic mass is 35.5. The number of rotatable bonds is 14. The number of aliphatic carboxylic acids is 1. The van der Waals surface area contributed by atoms with Gasteiger partial charge in [0.15, 0.2) is 0 Å². The Morgan fingerprint density at radius 3 is 2.37 bits per heavy atom. The molecule has 1 fully saturated rings. The fraction of sp³-hybridized carbons (Fsp3) is 0.395. The number of carbonyl (C=O) groups is 1. The number of methoxy groups -OCH3 is 2. The van der Waals surface area contributed by atoms with E-state index >= 15 is 0 Å². The van der Waals surface area contributed by atoms with Gasteiger partial charge < -0.3 is 35.6 Å². The van der Waals surface area contributed by atoms with Crippen molar-refractivity contribution in [2.45, 2.75) is 76.0 Å². The van der Waals surface area contributed by atoms with Crippen molar-refractivity contribution in [1.29, 1.82) is 0 Å². The predicted octanol–water partition coefficient (Wildman–Crippen LogP) is 7.17. The van der Waals surface area contributed by atoms with Crippen molar-refractivity contribution in [3.63, 3.8) is 0 Å². The quantitative estimate of drug-likeness (QED) is 0.0847. The number of nitrogens with one attached hydrogen (secondary N) is 3. The number of halogens is 4. The highest BCUT2D eigenvalue weighted by Crippen LogP contribution is 2.45. The number of pyridine rings is 2. The minimum absolute atomic E-state index is 0.0102. The Kier molecular flexibility index (Phi) is 11.0. The van der Waals surface area contributed by atoms with Gasteiger partial charge in [-0.1, -0.05) is 54.1 Å². The summed E-state index contributed by atoms with van der Waals surface area (Å²) in [6, 6.07) is 16.0. The third kappa shape index (κ3) is 8.12. The fourth-order valence-corrected chi connectivity index (χ4v) is 7.40. The lowest BCUT2D eigenvalue weighted by atomic mass is 9.77. The zero-order chi connectivity index (χ0) is 37.2. The second-order valence-electron chi connectivity index (χ2n) is 13.5. The summed E-state index contributed by atoms with van der Waals surface area (Å²) < 4.78 is 54.1. The van der Waals surface area contributed by atoms with Crippen molar-refractivity contribution < 1.29 is 37.7 Å². The molecule has 14 heteroatoms. The lowest BCUT2D eigenvalue weighted by molar-refractivity contribution is -0.137. The minimum Gasteiger partial charge on any atom is -0.481 e. The number of carboxylic acids is 1. The Balaban J connectivity index is 1.25. The number of nitrogens with zero attached hydrogens (tertiary/aromatic N) is 2. The van der Waals surface area contributed by atoms with Crippen molar-refractivity contribution >= 4 is 23.4 Å². The topological polar surface area (TPSA) is 138 Å². The molecule has 0 aliphatic heterocycles. The monoisotopic (exact) mass is 739 g/mol. The Labute approximate surface area is 304 Å². The van der Waals surface area contributed by atoms with Crippen LogP contribution in [-0.4, -0.2) is 58.6 Å². The number of anilines is 1. The normalized spacial score (nSPS) is 19.5. The molecule has 2 aliphatic carbocycles. The van der Waals surface area contributed by atoms with E-state index in [1.54, 1.807) is 7.11 Å². The molecule has 6 rings (SSSR count). The molecule has 1 atom stereocenters. The van der Waals surface area contributed by atoms with E-state index in [1.807, 2.05) is 55.5 Å². The Morgan fingerprint density at radius 2 is 1.67 bits per heavy atom. The van der Waals surface area contributed by atoms with Crippen molar-refractivity contribution in [2.75, 3.05) is 26.1 Å². The summed E-state index contributed by atoms with van der Waals surface area (Å²) in [4.78, 5) is 19.9.